The first-order chi connectivity index (χ1) is 5.71. The van der Waals surface area contributed by atoms with E-state index in [1.807, 2.05) is 0 Å². The monoisotopic (exact) mass is 169 g/mol. The van der Waals surface area contributed by atoms with Gasteiger partial charge in [-0.3, -0.25) is 10.1 Å². The summed E-state index contributed by atoms with van der Waals surface area (Å²) in [7, 11) is 0. The molecule has 0 radical (unpaired) electrons. The van der Waals surface area contributed by atoms with Crippen molar-refractivity contribution >= 4 is 5.97 Å². The van der Waals surface area contributed by atoms with E-state index in [1.54, 1.807) is 0 Å². The fraction of sp³-hybridized carbons (Fsp3) is 0.625. The summed E-state index contributed by atoms with van der Waals surface area (Å²) in [5, 5.41) is 11.7. The van der Waals surface area contributed by atoms with Crippen molar-refractivity contribution < 1.29 is 14.6 Å². The van der Waals surface area contributed by atoms with Crippen molar-refractivity contribution in [2.24, 2.45) is 0 Å². The van der Waals surface area contributed by atoms with Gasteiger partial charge in [-0.15, -0.1) is 6.42 Å². The Hall–Kier alpha value is -1.05. The topological polar surface area (TPSA) is 58.6 Å². The van der Waals surface area contributed by atoms with Gasteiger partial charge in [0.15, 0.2) is 0 Å². The Labute approximate surface area is 70.9 Å². The average Bonchev–Trinajstić information content (AvgIpc) is 2.50. The van der Waals surface area contributed by atoms with Crippen molar-refractivity contribution in [2.45, 2.75) is 12.0 Å². The van der Waals surface area contributed by atoms with Crippen LogP contribution in [0.15, 0.2) is 0 Å². The highest BCUT2D eigenvalue weighted by atomic mass is 16.5. The molecule has 1 fully saturated rings. The Morgan fingerprint density at radius 1 is 1.83 bits per heavy atom. The predicted octanol–water partition coefficient (Wildman–Crippen LogP) is -0.547. The van der Waals surface area contributed by atoms with Gasteiger partial charge in [-0.05, 0) is 0 Å². The van der Waals surface area contributed by atoms with Crippen LogP contribution < -0.4 is 5.32 Å². The average molecular weight is 169 g/mol. The van der Waals surface area contributed by atoms with Crippen LogP contribution in [-0.2, 0) is 9.53 Å². The van der Waals surface area contributed by atoms with Crippen LogP contribution in [0.2, 0.25) is 0 Å². The quantitative estimate of drug-likeness (QED) is 0.557. The zero-order valence-corrected chi connectivity index (χ0v) is 6.67. The van der Waals surface area contributed by atoms with E-state index in [4.69, 9.17) is 16.3 Å². The lowest BCUT2D eigenvalue weighted by Gasteiger charge is -2.22. The number of carbonyl (C=O) groups is 1. The highest BCUT2D eigenvalue weighted by Crippen LogP contribution is 2.18. The zero-order valence-electron chi connectivity index (χ0n) is 6.67. The van der Waals surface area contributed by atoms with Gasteiger partial charge in [0.05, 0.1) is 13.2 Å². The van der Waals surface area contributed by atoms with Crippen molar-refractivity contribution in [1.82, 2.24) is 5.32 Å². The van der Waals surface area contributed by atoms with E-state index in [1.165, 1.54) is 0 Å². The van der Waals surface area contributed by atoms with Crippen LogP contribution in [0.1, 0.15) is 6.42 Å². The third-order valence-corrected chi connectivity index (χ3v) is 1.96. The van der Waals surface area contributed by atoms with E-state index in [9.17, 15) is 4.79 Å². The van der Waals surface area contributed by atoms with Gasteiger partial charge in [-0.2, -0.15) is 0 Å². The molecule has 4 heteroatoms. The Morgan fingerprint density at radius 3 is 3.00 bits per heavy atom. The van der Waals surface area contributed by atoms with Gasteiger partial charge in [-0.25, -0.2) is 0 Å². The van der Waals surface area contributed by atoms with Crippen LogP contribution in [0, 0.1) is 12.3 Å². The summed E-state index contributed by atoms with van der Waals surface area (Å²) in [6, 6.07) is 0. The highest BCUT2D eigenvalue weighted by Gasteiger charge is 2.41. The molecule has 12 heavy (non-hydrogen) atoms. The van der Waals surface area contributed by atoms with Crippen molar-refractivity contribution in [2.75, 3.05) is 19.8 Å². The number of aliphatic carboxylic acids is 1. The van der Waals surface area contributed by atoms with Gasteiger partial charge in [0.25, 0.3) is 0 Å². The normalized spacial score (nSPS) is 28.2. The Bertz CT molecular complexity index is 213. The Kier molecular flexibility index (Phi) is 2.69. The molecule has 0 amide bonds. The predicted molar refractivity (Wildman–Crippen MR) is 42.6 cm³/mol. The van der Waals surface area contributed by atoms with Crippen molar-refractivity contribution in [3.8, 4) is 12.3 Å². The molecule has 0 aliphatic carbocycles. The lowest BCUT2D eigenvalue weighted by Crippen LogP contribution is -2.52. The van der Waals surface area contributed by atoms with Crippen LogP contribution in [0.4, 0.5) is 0 Å². The molecule has 1 aliphatic rings. The molecule has 1 heterocycles. The van der Waals surface area contributed by atoms with Crippen LogP contribution in [0.3, 0.4) is 0 Å². The fourth-order valence-corrected chi connectivity index (χ4v) is 1.17. The van der Waals surface area contributed by atoms with E-state index in [-0.39, 0.29) is 13.2 Å². The molecule has 0 bridgehead atoms. The lowest BCUT2D eigenvalue weighted by atomic mass is 9.99. The van der Waals surface area contributed by atoms with E-state index in [2.05, 4.69) is 11.2 Å². The molecule has 1 atom stereocenters. The number of carboxylic acid groups (broad SMARTS) is 1. The minimum atomic E-state index is -0.952. The van der Waals surface area contributed by atoms with Gasteiger partial charge < -0.3 is 9.84 Å². The smallest absolute Gasteiger partial charge is 0.326 e. The molecule has 1 rings (SSSR count). The summed E-state index contributed by atoms with van der Waals surface area (Å²) in [6.45, 7) is 0.934. The molecule has 2 N–H and O–H groups in total. The van der Waals surface area contributed by atoms with Gasteiger partial charge in [0.1, 0.15) is 5.54 Å². The molecule has 1 aliphatic heterocycles. The van der Waals surface area contributed by atoms with E-state index in [0.29, 0.717) is 13.0 Å². The number of rotatable bonds is 3. The second-order valence-corrected chi connectivity index (χ2v) is 2.75. The molecule has 0 aromatic carbocycles. The molecular formula is C8H11NO3. The maximum Gasteiger partial charge on any atom is 0.326 e. The third kappa shape index (κ3) is 1.58. The van der Waals surface area contributed by atoms with Crippen LogP contribution in [0.25, 0.3) is 0 Å². The fourth-order valence-electron chi connectivity index (χ4n) is 1.17. The number of terminal acetylenes is 1. The number of ether oxygens (including phenoxy) is 1. The van der Waals surface area contributed by atoms with E-state index >= 15 is 0 Å². The summed E-state index contributed by atoms with van der Waals surface area (Å²) < 4.78 is 5.01. The van der Waals surface area contributed by atoms with Gasteiger partial charge in [-0.1, -0.05) is 5.92 Å². The van der Waals surface area contributed by atoms with Crippen molar-refractivity contribution in [3.05, 3.63) is 0 Å². The summed E-state index contributed by atoms with van der Waals surface area (Å²) in [6.07, 6.45) is 5.50. The summed E-state index contributed by atoms with van der Waals surface area (Å²) in [5.41, 5.74) is -0.952. The lowest BCUT2D eigenvalue weighted by molar-refractivity contribution is -0.144. The maximum atomic E-state index is 10.8. The molecule has 1 saturated heterocycles. The first-order valence-electron chi connectivity index (χ1n) is 3.71. The number of hydrogen-bond acceptors (Lipinski definition) is 3. The van der Waals surface area contributed by atoms with Crippen LogP contribution in [0.5, 0.6) is 0 Å². The summed E-state index contributed by atoms with van der Waals surface area (Å²) in [5.74, 6) is 1.45. The largest absolute Gasteiger partial charge is 0.480 e. The first-order valence-corrected chi connectivity index (χ1v) is 3.71. The molecule has 0 aromatic rings. The van der Waals surface area contributed by atoms with E-state index < -0.39 is 11.5 Å². The Morgan fingerprint density at radius 2 is 2.58 bits per heavy atom. The zero-order chi connectivity index (χ0) is 9.03. The van der Waals surface area contributed by atoms with E-state index in [0.717, 1.165) is 0 Å². The van der Waals surface area contributed by atoms with Crippen molar-refractivity contribution in [1.29, 1.82) is 0 Å². The number of carboxylic acids is 1. The summed E-state index contributed by atoms with van der Waals surface area (Å²) in [4.78, 5) is 10.8. The molecule has 66 valence electrons. The SMILES string of the molecule is C#CCNC1(C(=O)O)CCOC1. The van der Waals surface area contributed by atoms with Crippen molar-refractivity contribution in [3.63, 3.8) is 0 Å². The first kappa shape index (κ1) is 9.04. The Balaban J connectivity index is 2.60. The minimum absolute atomic E-state index is 0.198. The van der Waals surface area contributed by atoms with Gasteiger partial charge >= 0.3 is 5.97 Å². The van der Waals surface area contributed by atoms with Crippen LogP contribution >= 0.6 is 0 Å². The van der Waals surface area contributed by atoms with Gasteiger partial charge in [0, 0.05) is 13.0 Å². The third-order valence-electron chi connectivity index (χ3n) is 1.96. The maximum absolute atomic E-state index is 10.8. The molecule has 0 aromatic heterocycles. The molecular weight excluding hydrogens is 158 g/mol. The molecule has 1 unspecified atom stereocenters. The van der Waals surface area contributed by atoms with Crippen LogP contribution in [-0.4, -0.2) is 36.4 Å². The summed E-state index contributed by atoms with van der Waals surface area (Å²) >= 11 is 0. The van der Waals surface area contributed by atoms with Gasteiger partial charge in [0.2, 0.25) is 0 Å². The number of nitrogens with one attached hydrogen (secondary N) is 1. The number of hydrogen-bond donors (Lipinski definition) is 2. The second kappa shape index (κ2) is 3.57. The minimum Gasteiger partial charge on any atom is -0.480 e. The highest BCUT2D eigenvalue weighted by molar-refractivity contribution is 5.79. The molecule has 4 nitrogen and oxygen atoms in total. The molecule has 0 spiro atoms. The second-order valence-electron chi connectivity index (χ2n) is 2.75. The standard InChI is InChI=1S/C8H11NO3/c1-2-4-9-8(7(10)11)3-5-12-6-8/h1,9H,3-6H2,(H,10,11). The molecule has 0 saturated carbocycles.